The number of thiazole rings is 1. The lowest BCUT2D eigenvalue weighted by Crippen LogP contribution is -1.95. The summed E-state index contributed by atoms with van der Waals surface area (Å²) in [6.07, 6.45) is 1.83. The van der Waals surface area contributed by atoms with Crippen LogP contribution >= 0.6 is 11.3 Å². The van der Waals surface area contributed by atoms with Gasteiger partial charge in [-0.2, -0.15) is 5.10 Å². The molecule has 2 aromatic heterocycles. The van der Waals surface area contributed by atoms with E-state index in [-0.39, 0.29) is 10.7 Å². The lowest BCUT2D eigenvalue weighted by Gasteiger charge is -2.01. The minimum atomic E-state index is -1.04. The van der Waals surface area contributed by atoms with Gasteiger partial charge in [-0.3, -0.25) is 0 Å². The van der Waals surface area contributed by atoms with Crippen LogP contribution in [0.2, 0.25) is 0 Å². The number of halogens is 1. The lowest BCUT2D eigenvalue weighted by molar-refractivity contribution is 0.0702. The van der Waals surface area contributed by atoms with E-state index in [1.807, 2.05) is 66.9 Å². The molecule has 32 heavy (non-hydrogen) atoms. The molecule has 5 rings (SSSR count). The molecule has 7 heteroatoms. The number of hydrogen-bond donors (Lipinski definition) is 1. The monoisotopic (exact) mass is 441 g/mol. The summed E-state index contributed by atoms with van der Waals surface area (Å²) >= 11 is 1.10. The molecule has 5 aromatic rings. The summed E-state index contributed by atoms with van der Waals surface area (Å²) in [6.45, 7) is 0. The molecule has 1 N–H and O–H groups in total. The zero-order chi connectivity index (χ0) is 22.1. The highest BCUT2D eigenvalue weighted by atomic mass is 32.1. The van der Waals surface area contributed by atoms with Crippen LogP contribution < -0.4 is 0 Å². The van der Waals surface area contributed by atoms with Crippen molar-refractivity contribution >= 4 is 17.3 Å². The fourth-order valence-corrected chi connectivity index (χ4v) is 4.37. The third kappa shape index (κ3) is 3.70. The van der Waals surface area contributed by atoms with E-state index in [0.29, 0.717) is 27.5 Å². The molecule has 0 amide bonds. The molecule has 0 saturated heterocycles. The van der Waals surface area contributed by atoms with Gasteiger partial charge in [0.05, 0.1) is 16.9 Å². The van der Waals surface area contributed by atoms with Crippen LogP contribution in [0.1, 0.15) is 9.67 Å². The number of aromatic carboxylic acids is 1. The smallest absolute Gasteiger partial charge is 0.348 e. The van der Waals surface area contributed by atoms with Crippen LogP contribution in [-0.4, -0.2) is 25.8 Å². The van der Waals surface area contributed by atoms with Crippen LogP contribution in [0.25, 0.3) is 38.8 Å². The number of benzene rings is 3. The summed E-state index contributed by atoms with van der Waals surface area (Å²) in [5.74, 6) is -1.38. The van der Waals surface area contributed by atoms with E-state index in [1.54, 1.807) is 16.8 Å². The van der Waals surface area contributed by atoms with Crippen molar-refractivity contribution in [2.45, 2.75) is 0 Å². The van der Waals surface area contributed by atoms with Crippen molar-refractivity contribution in [2.75, 3.05) is 0 Å². The van der Waals surface area contributed by atoms with E-state index >= 15 is 0 Å². The van der Waals surface area contributed by atoms with Gasteiger partial charge in [0.15, 0.2) is 0 Å². The van der Waals surface area contributed by atoms with Crippen LogP contribution in [0.15, 0.2) is 91.1 Å². The fourth-order valence-electron chi connectivity index (χ4n) is 3.44. The summed E-state index contributed by atoms with van der Waals surface area (Å²) in [7, 11) is 0. The van der Waals surface area contributed by atoms with Gasteiger partial charge in [-0.15, -0.1) is 11.3 Å². The first-order valence-corrected chi connectivity index (χ1v) is 10.6. The molecule has 0 atom stereocenters. The van der Waals surface area contributed by atoms with E-state index < -0.39 is 5.97 Å². The van der Waals surface area contributed by atoms with Crippen molar-refractivity contribution in [1.29, 1.82) is 0 Å². The molecule has 3 aromatic carbocycles. The first kappa shape index (κ1) is 19.8. The maximum atomic E-state index is 13.5. The SMILES string of the molecule is O=C(O)c1sc(-c2cn(-c3ccccc3)nc2-c2ccc(F)cc2)nc1-c1ccccc1. The molecule has 2 heterocycles. The van der Waals surface area contributed by atoms with Gasteiger partial charge in [0.1, 0.15) is 21.4 Å². The average Bonchev–Trinajstić information content (AvgIpc) is 3.46. The van der Waals surface area contributed by atoms with Gasteiger partial charge in [0.25, 0.3) is 0 Å². The Morgan fingerprint density at radius 2 is 1.47 bits per heavy atom. The third-order valence-corrected chi connectivity index (χ3v) is 6.03. The Balaban J connectivity index is 1.71. The van der Waals surface area contributed by atoms with Crippen LogP contribution in [0.4, 0.5) is 4.39 Å². The lowest BCUT2D eigenvalue weighted by atomic mass is 10.1. The highest BCUT2D eigenvalue weighted by molar-refractivity contribution is 7.17. The first-order chi connectivity index (χ1) is 15.6. The Morgan fingerprint density at radius 1 is 0.844 bits per heavy atom. The van der Waals surface area contributed by atoms with Gasteiger partial charge in [-0.1, -0.05) is 48.5 Å². The maximum absolute atomic E-state index is 13.5. The highest BCUT2D eigenvalue weighted by Crippen LogP contribution is 2.38. The fraction of sp³-hybridized carbons (Fsp3) is 0. The number of carbonyl (C=O) groups is 1. The Morgan fingerprint density at radius 3 is 2.12 bits per heavy atom. The second kappa shape index (κ2) is 8.20. The molecule has 0 aliphatic carbocycles. The van der Waals surface area contributed by atoms with E-state index in [0.717, 1.165) is 22.6 Å². The normalized spacial score (nSPS) is 10.9. The van der Waals surface area contributed by atoms with Gasteiger partial charge in [-0.05, 0) is 36.4 Å². The maximum Gasteiger partial charge on any atom is 0.348 e. The molecule has 0 fully saturated rings. The van der Waals surface area contributed by atoms with Gasteiger partial charge in [0, 0.05) is 17.3 Å². The van der Waals surface area contributed by atoms with Gasteiger partial charge in [0.2, 0.25) is 0 Å². The van der Waals surface area contributed by atoms with E-state index in [4.69, 9.17) is 10.1 Å². The number of para-hydroxylation sites is 1. The predicted octanol–water partition coefficient (Wildman–Crippen LogP) is 6.17. The molecule has 156 valence electrons. The number of nitrogens with zero attached hydrogens (tertiary/aromatic N) is 3. The van der Waals surface area contributed by atoms with E-state index in [1.165, 1.54) is 12.1 Å². The van der Waals surface area contributed by atoms with Crippen molar-refractivity contribution in [3.05, 3.63) is 102 Å². The minimum Gasteiger partial charge on any atom is -0.477 e. The molecular weight excluding hydrogens is 425 g/mol. The second-order valence-electron chi connectivity index (χ2n) is 7.05. The minimum absolute atomic E-state index is 0.156. The summed E-state index contributed by atoms with van der Waals surface area (Å²) < 4.78 is 15.2. The molecule has 0 aliphatic rings. The van der Waals surface area contributed by atoms with Crippen molar-refractivity contribution < 1.29 is 14.3 Å². The molecule has 0 unspecified atom stereocenters. The van der Waals surface area contributed by atoms with Crippen LogP contribution in [0, 0.1) is 5.82 Å². The zero-order valence-electron chi connectivity index (χ0n) is 16.6. The Bertz CT molecular complexity index is 1390. The van der Waals surface area contributed by atoms with Crippen molar-refractivity contribution in [3.8, 4) is 38.8 Å². The summed E-state index contributed by atoms with van der Waals surface area (Å²) in [6, 6.07) is 24.9. The quantitative estimate of drug-likeness (QED) is 0.354. The largest absolute Gasteiger partial charge is 0.477 e. The standard InChI is InChI=1S/C25H16FN3O2S/c26-18-13-11-17(12-14-18)21-20(15-29(28-21)19-9-5-2-6-10-19)24-27-22(23(32-24)25(30)31)16-7-3-1-4-8-16/h1-15H,(H,30,31). The van der Waals surface area contributed by atoms with E-state index in [9.17, 15) is 14.3 Å². The molecule has 0 saturated carbocycles. The van der Waals surface area contributed by atoms with Crippen molar-refractivity contribution in [1.82, 2.24) is 14.8 Å². The number of carboxylic acid groups (broad SMARTS) is 1. The Labute approximate surface area is 187 Å². The van der Waals surface area contributed by atoms with Gasteiger partial charge >= 0.3 is 5.97 Å². The Hall–Kier alpha value is -4.10. The van der Waals surface area contributed by atoms with E-state index in [2.05, 4.69) is 0 Å². The van der Waals surface area contributed by atoms with Crippen molar-refractivity contribution in [2.24, 2.45) is 0 Å². The number of aromatic nitrogens is 3. The second-order valence-corrected chi connectivity index (χ2v) is 8.05. The number of hydrogen-bond acceptors (Lipinski definition) is 4. The zero-order valence-corrected chi connectivity index (χ0v) is 17.5. The number of carboxylic acids is 1. The number of rotatable bonds is 5. The molecule has 0 radical (unpaired) electrons. The van der Waals surface area contributed by atoms with Crippen LogP contribution in [0.5, 0.6) is 0 Å². The molecular formula is C25H16FN3O2S. The van der Waals surface area contributed by atoms with Gasteiger partial charge in [-0.25, -0.2) is 18.9 Å². The summed E-state index contributed by atoms with van der Waals surface area (Å²) in [5, 5.41) is 15.1. The molecule has 0 spiro atoms. The first-order valence-electron chi connectivity index (χ1n) is 9.81. The van der Waals surface area contributed by atoms with Crippen molar-refractivity contribution in [3.63, 3.8) is 0 Å². The average molecular weight is 441 g/mol. The predicted molar refractivity (Wildman–Crippen MR) is 122 cm³/mol. The van der Waals surface area contributed by atoms with Crippen LogP contribution in [0.3, 0.4) is 0 Å². The van der Waals surface area contributed by atoms with Gasteiger partial charge < -0.3 is 5.11 Å². The van der Waals surface area contributed by atoms with Crippen LogP contribution in [-0.2, 0) is 0 Å². The Kier molecular flexibility index (Phi) is 5.09. The molecule has 5 nitrogen and oxygen atoms in total. The molecule has 0 bridgehead atoms. The summed E-state index contributed by atoms with van der Waals surface area (Å²) in [5.41, 5.74) is 3.97. The highest BCUT2D eigenvalue weighted by Gasteiger charge is 2.23. The molecule has 0 aliphatic heterocycles. The topological polar surface area (TPSA) is 68.0 Å². The summed E-state index contributed by atoms with van der Waals surface area (Å²) in [4.78, 5) is 16.8. The third-order valence-electron chi connectivity index (χ3n) is 4.95.